The summed E-state index contributed by atoms with van der Waals surface area (Å²) in [5.41, 5.74) is 1.16. The van der Waals surface area contributed by atoms with Crippen molar-refractivity contribution in [2.45, 2.75) is 45.9 Å². The van der Waals surface area contributed by atoms with E-state index in [9.17, 15) is 0 Å². The molecule has 0 saturated carbocycles. The van der Waals surface area contributed by atoms with Crippen molar-refractivity contribution in [1.29, 1.82) is 0 Å². The molecule has 1 rings (SSSR count). The van der Waals surface area contributed by atoms with Gasteiger partial charge in [-0.15, -0.1) is 0 Å². The molecule has 0 N–H and O–H groups in total. The summed E-state index contributed by atoms with van der Waals surface area (Å²) in [6.45, 7) is 7.94. The Balaban J connectivity index is 2.76. The number of hydrogen-bond acceptors (Lipinski definition) is 2. The van der Waals surface area contributed by atoms with Gasteiger partial charge in [0.2, 0.25) is 0 Å². The minimum atomic E-state index is -2.64. The molecule has 17 heavy (non-hydrogen) atoms. The van der Waals surface area contributed by atoms with Gasteiger partial charge in [-0.3, -0.25) is 0 Å². The molecular weight excluding hydrogens is 252 g/mol. The lowest BCUT2D eigenvalue weighted by molar-refractivity contribution is 0.120. The molecule has 0 radical (unpaired) electrons. The monoisotopic (exact) mass is 272 g/mol. The SMILES string of the molecule is CC(C)O[Si](Cl)(Cc1ccccc1)OC(C)C. The minimum Gasteiger partial charge on any atom is -0.380 e. The maximum atomic E-state index is 6.56. The third-order valence-corrected chi connectivity index (χ3v) is 5.49. The molecule has 0 fully saturated rings. The average molecular weight is 273 g/mol. The van der Waals surface area contributed by atoms with E-state index >= 15 is 0 Å². The molecule has 0 aliphatic rings. The summed E-state index contributed by atoms with van der Waals surface area (Å²) in [4.78, 5) is 0. The van der Waals surface area contributed by atoms with Crippen LogP contribution < -0.4 is 0 Å². The molecule has 0 bridgehead atoms. The van der Waals surface area contributed by atoms with Crippen LogP contribution in [0.5, 0.6) is 0 Å². The van der Waals surface area contributed by atoms with E-state index in [1.165, 1.54) is 0 Å². The van der Waals surface area contributed by atoms with Gasteiger partial charge in [-0.2, -0.15) is 0 Å². The fourth-order valence-electron chi connectivity index (χ4n) is 1.65. The van der Waals surface area contributed by atoms with Crippen molar-refractivity contribution in [3.8, 4) is 0 Å². The van der Waals surface area contributed by atoms with Crippen molar-refractivity contribution in [2.24, 2.45) is 0 Å². The van der Waals surface area contributed by atoms with E-state index in [1.54, 1.807) is 0 Å². The van der Waals surface area contributed by atoms with Crippen LogP contribution in [-0.2, 0) is 14.9 Å². The van der Waals surface area contributed by atoms with Gasteiger partial charge in [-0.25, -0.2) is 0 Å². The lowest BCUT2D eigenvalue weighted by atomic mass is 10.2. The molecule has 0 amide bonds. The van der Waals surface area contributed by atoms with E-state index in [4.69, 9.17) is 19.9 Å². The van der Waals surface area contributed by atoms with Crippen molar-refractivity contribution >= 4 is 18.9 Å². The first-order chi connectivity index (χ1) is 7.91. The summed E-state index contributed by atoms with van der Waals surface area (Å²) in [6, 6.07) is 10.8. The lowest BCUT2D eigenvalue weighted by Crippen LogP contribution is -2.43. The molecule has 0 spiro atoms. The van der Waals surface area contributed by atoms with E-state index in [1.807, 2.05) is 45.9 Å². The highest BCUT2D eigenvalue weighted by molar-refractivity contribution is 7.12. The summed E-state index contributed by atoms with van der Waals surface area (Å²) < 4.78 is 11.7. The maximum absolute atomic E-state index is 6.56. The smallest absolute Gasteiger partial charge is 0.380 e. The largest absolute Gasteiger partial charge is 0.448 e. The fraction of sp³-hybridized carbons (Fsp3) is 0.538. The molecular formula is C13H21ClO2Si. The minimum absolute atomic E-state index is 0.0848. The van der Waals surface area contributed by atoms with E-state index in [0.29, 0.717) is 6.04 Å². The molecule has 1 aromatic rings. The summed E-state index contributed by atoms with van der Waals surface area (Å²) in [6.07, 6.45) is 0.170. The molecule has 0 heterocycles. The normalized spacial score (nSPS) is 12.4. The fourth-order valence-corrected chi connectivity index (χ4v) is 5.54. The number of rotatable bonds is 6. The van der Waals surface area contributed by atoms with Crippen LogP contribution >= 0.6 is 11.1 Å². The Kier molecular flexibility index (Phi) is 5.66. The van der Waals surface area contributed by atoms with Crippen molar-refractivity contribution in [3.05, 3.63) is 35.9 Å². The maximum Gasteiger partial charge on any atom is 0.448 e. The molecule has 1 aromatic carbocycles. The molecule has 0 saturated heterocycles. The second kappa shape index (κ2) is 6.54. The molecule has 4 heteroatoms. The first kappa shape index (κ1) is 14.7. The predicted octanol–water partition coefficient (Wildman–Crippen LogP) is 3.80. The van der Waals surface area contributed by atoms with Crippen molar-refractivity contribution < 1.29 is 8.85 Å². The molecule has 0 atom stereocenters. The first-order valence-electron chi connectivity index (χ1n) is 6.00. The van der Waals surface area contributed by atoms with E-state index < -0.39 is 7.87 Å². The van der Waals surface area contributed by atoms with Gasteiger partial charge in [0.1, 0.15) is 0 Å². The van der Waals surface area contributed by atoms with Gasteiger partial charge in [0.05, 0.1) is 0 Å². The van der Waals surface area contributed by atoms with E-state index in [2.05, 4.69) is 12.1 Å². The van der Waals surface area contributed by atoms with Crippen LogP contribution in [0.4, 0.5) is 0 Å². The molecule has 96 valence electrons. The van der Waals surface area contributed by atoms with Crippen molar-refractivity contribution in [3.63, 3.8) is 0 Å². The van der Waals surface area contributed by atoms with Crippen LogP contribution in [0.1, 0.15) is 33.3 Å². The Morgan fingerprint density at radius 1 is 1.00 bits per heavy atom. The van der Waals surface area contributed by atoms with Crippen LogP contribution in [0.25, 0.3) is 0 Å². The van der Waals surface area contributed by atoms with Crippen molar-refractivity contribution in [1.82, 2.24) is 0 Å². The van der Waals surface area contributed by atoms with Gasteiger partial charge in [0, 0.05) is 18.3 Å². The zero-order chi connectivity index (χ0) is 12.9. The molecule has 0 aromatic heterocycles. The highest BCUT2D eigenvalue weighted by Crippen LogP contribution is 2.22. The van der Waals surface area contributed by atoms with Crippen molar-refractivity contribution in [2.75, 3.05) is 0 Å². The third-order valence-electron chi connectivity index (χ3n) is 2.08. The Morgan fingerprint density at radius 2 is 1.47 bits per heavy atom. The number of hydrogen-bond donors (Lipinski definition) is 0. The Morgan fingerprint density at radius 3 is 1.88 bits per heavy atom. The van der Waals surface area contributed by atoms with Gasteiger partial charge in [0.25, 0.3) is 0 Å². The second-order valence-electron chi connectivity index (χ2n) is 4.66. The quantitative estimate of drug-likeness (QED) is 0.579. The second-order valence-corrected chi connectivity index (χ2v) is 8.53. The van der Waals surface area contributed by atoms with Gasteiger partial charge in [-0.05, 0) is 33.3 Å². The Hall–Kier alpha value is -0.353. The number of benzene rings is 1. The highest BCUT2D eigenvalue weighted by atomic mass is 35.6. The summed E-state index contributed by atoms with van der Waals surface area (Å²) in [5, 5.41) is 0. The lowest BCUT2D eigenvalue weighted by Gasteiger charge is -2.28. The average Bonchev–Trinajstić information content (AvgIpc) is 2.15. The van der Waals surface area contributed by atoms with Gasteiger partial charge < -0.3 is 8.85 Å². The van der Waals surface area contributed by atoms with Gasteiger partial charge in [0.15, 0.2) is 0 Å². The zero-order valence-corrected chi connectivity index (χ0v) is 12.7. The third kappa shape index (κ3) is 5.68. The highest BCUT2D eigenvalue weighted by Gasteiger charge is 2.38. The molecule has 0 aliphatic carbocycles. The van der Waals surface area contributed by atoms with Gasteiger partial charge in [-0.1, -0.05) is 41.4 Å². The Bertz CT molecular complexity index is 317. The first-order valence-corrected chi connectivity index (χ1v) is 9.03. The van der Waals surface area contributed by atoms with E-state index in [0.717, 1.165) is 5.56 Å². The summed E-state index contributed by atoms with van der Waals surface area (Å²) >= 11 is 6.56. The van der Waals surface area contributed by atoms with Crippen LogP contribution in [0.15, 0.2) is 30.3 Å². The topological polar surface area (TPSA) is 18.5 Å². The zero-order valence-electron chi connectivity index (χ0n) is 10.9. The van der Waals surface area contributed by atoms with Crippen LogP contribution in [0.2, 0.25) is 0 Å². The summed E-state index contributed by atoms with van der Waals surface area (Å²) in [5.74, 6) is 0. The molecule has 2 nitrogen and oxygen atoms in total. The predicted molar refractivity (Wildman–Crippen MR) is 74.2 cm³/mol. The molecule has 0 unspecified atom stereocenters. The standard InChI is InChI=1S/C13H21ClO2Si/c1-11(2)15-17(14,16-12(3)4)10-13-8-6-5-7-9-13/h5-9,11-12H,10H2,1-4H3. The van der Waals surface area contributed by atoms with Gasteiger partial charge >= 0.3 is 7.87 Å². The van der Waals surface area contributed by atoms with Crippen LogP contribution in [0.3, 0.4) is 0 Å². The summed E-state index contributed by atoms with van der Waals surface area (Å²) in [7, 11) is -2.64. The van der Waals surface area contributed by atoms with E-state index in [-0.39, 0.29) is 12.2 Å². The van der Waals surface area contributed by atoms with Crippen LogP contribution in [-0.4, -0.2) is 20.1 Å². The molecule has 0 aliphatic heterocycles. The Labute approximate surface area is 110 Å². The number of halogens is 1. The van der Waals surface area contributed by atoms with Crippen LogP contribution in [0, 0.1) is 0 Å².